The Hall–Kier alpha value is -4.56. The molecule has 2 heterocycles. The molecule has 5 aromatic rings. The number of nitrogens with zero attached hydrogens (tertiary/aromatic N) is 2. The zero-order chi connectivity index (χ0) is 30.6. The molecule has 9 heteroatoms. The van der Waals surface area contributed by atoms with Crippen molar-refractivity contribution in [3.8, 4) is 28.2 Å². The van der Waals surface area contributed by atoms with E-state index in [0.717, 1.165) is 33.8 Å². The molecule has 1 amide bonds. The summed E-state index contributed by atoms with van der Waals surface area (Å²) in [5, 5.41) is 3.95. The van der Waals surface area contributed by atoms with Crippen LogP contribution in [0.15, 0.2) is 119 Å². The summed E-state index contributed by atoms with van der Waals surface area (Å²) in [6.07, 6.45) is 1.88. The number of amides is 1. The molecule has 218 valence electrons. The number of hydrogen-bond donors (Lipinski definition) is 1. The topological polar surface area (TPSA) is 72.7 Å². The Labute approximate surface area is 269 Å². The molecule has 0 unspecified atom stereocenters. The van der Waals surface area contributed by atoms with Gasteiger partial charge in [0.25, 0.3) is 5.91 Å². The van der Waals surface area contributed by atoms with Gasteiger partial charge in [-0.1, -0.05) is 89.9 Å². The summed E-state index contributed by atoms with van der Waals surface area (Å²) in [6.45, 7) is 2.08. The second-order valence-electron chi connectivity index (χ2n) is 9.72. The van der Waals surface area contributed by atoms with Crippen LogP contribution in [0.5, 0.6) is 0 Å². The number of aliphatic imine (C=N–C) groups is 1. The van der Waals surface area contributed by atoms with E-state index >= 15 is 0 Å². The monoisotopic (exact) mass is 637 g/mol. The van der Waals surface area contributed by atoms with Crippen molar-refractivity contribution in [2.75, 3.05) is 6.61 Å². The highest BCUT2D eigenvalue weighted by molar-refractivity contribution is 8.18. The Morgan fingerprint density at radius 3 is 2.27 bits per heavy atom. The van der Waals surface area contributed by atoms with Crippen LogP contribution in [-0.2, 0) is 9.53 Å². The Morgan fingerprint density at radius 1 is 0.909 bits per heavy atom. The van der Waals surface area contributed by atoms with Gasteiger partial charge in [-0.25, -0.2) is 9.79 Å². The van der Waals surface area contributed by atoms with E-state index in [9.17, 15) is 9.59 Å². The maximum Gasteiger partial charge on any atom is 0.338 e. The van der Waals surface area contributed by atoms with Crippen LogP contribution in [0.25, 0.3) is 34.3 Å². The van der Waals surface area contributed by atoms with E-state index in [2.05, 4.69) is 20.9 Å². The lowest BCUT2D eigenvalue weighted by atomic mass is 10.1. The first-order valence-corrected chi connectivity index (χ1v) is 15.4. The van der Waals surface area contributed by atoms with Crippen molar-refractivity contribution in [2.24, 2.45) is 4.99 Å². The second kappa shape index (κ2) is 13.0. The zero-order valence-electron chi connectivity index (χ0n) is 23.5. The largest absolute Gasteiger partial charge is 0.462 e. The van der Waals surface area contributed by atoms with Crippen LogP contribution in [-0.4, -0.2) is 28.2 Å². The van der Waals surface area contributed by atoms with Crippen LogP contribution in [0.3, 0.4) is 0 Å². The smallest absolute Gasteiger partial charge is 0.338 e. The number of halogens is 2. The lowest BCUT2D eigenvalue weighted by Crippen LogP contribution is -2.19. The van der Waals surface area contributed by atoms with Crippen LogP contribution >= 0.6 is 35.0 Å². The molecule has 1 aliphatic rings. The zero-order valence-corrected chi connectivity index (χ0v) is 25.8. The molecule has 0 saturated carbocycles. The van der Waals surface area contributed by atoms with E-state index in [1.54, 1.807) is 37.3 Å². The molecule has 0 radical (unpaired) electrons. The molecule has 1 aliphatic heterocycles. The number of carbonyl (C=O) groups is 2. The predicted molar refractivity (Wildman–Crippen MR) is 180 cm³/mol. The molecule has 4 aromatic carbocycles. The number of amidine groups is 1. The average Bonchev–Trinajstić information content (AvgIpc) is 3.60. The average molecular weight is 639 g/mol. The Kier molecular flexibility index (Phi) is 8.70. The maximum absolute atomic E-state index is 13.2. The van der Waals surface area contributed by atoms with Gasteiger partial charge >= 0.3 is 5.97 Å². The summed E-state index contributed by atoms with van der Waals surface area (Å²) in [5.41, 5.74) is 6.38. The summed E-state index contributed by atoms with van der Waals surface area (Å²) >= 11 is 13.7. The maximum atomic E-state index is 13.2. The first-order valence-electron chi connectivity index (χ1n) is 13.8. The Bertz CT molecular complexity index is 1920. The van der Waals surface area contributed by atoms with Crippen LogP contribution in [0.2, 0.25) is 10.0 Å². The first-order chi connectivity index (χ1) is 21.4. The Balaban J connectivity index is 1.50. The highest BCUT2D eigenvalue weighted by Crippen LogP contribution is 2.39. The summed E-state index contributed by atoms with van der Waals surface area (Å²) < 4.78 is 7.33. The van der Waals surface area contributed by atoms with Gasteiger partial charge in [-0.15, -0.1) is 0 Å². The van der Waals surface area contributed by atoms with E-state index in [-0.39, 0.29) is 11.9 Å². The number of rotatable bonds is 7. The van der Waals surface area contributed by atoms with Crippen LogP contribution in [0.1, 0.15) is 22.8 Å². The number of aromatic nitrogens is 1. The van der Waals surface area contributed by atoms with Crippen molar-refractivity contribution >= 4 is 63.8 Å². The second-order valence-corrected chi connectivity index (χ2v) is 11.5. The lowest BCUT2D eigenvalue weighted by molar-refractivity contribution is -0.115. The van der Waals surface area contributed by atoms with E-state index in [4.69, 9.17) is 27.9 Å². The van der Waals surface area contributed by atoms with Gasteiger partial charge in [0.1, 0.15) is 0 Å². The van der Waals surface area contributed by atoms with Gasteiger partial charge in [0, 0.05) is 11.3 Å². The first kappa shape index (κ1) is 29.5. The molecule has 1 saturated heterocycles. The fraction of sp³-hybridized carbons (Fsp3) is 0.0571. The molecule has 0 aliphatic carbocycles. The van der Waals surface area contributed by atoms with Crippen molar-refractivity contribution in [1.82, 2.24) is 9.88 Å². The fourth-order valence-corrected chi connectivity index (χ4v) is 6.06. The number of nitrogens with one attached hydrogen (secondary N) is 1. The highest BCUT2D eigenvalue weighted by atomic mass is 35.5. The van der Waals surface area contributed by atoms with Gasteiger partial charge in [0.05, 0.1) is 44.2 Å². The Morgan fingerprint density at radius 2 is 1.59 bits per heavy atom. The van der Waals surface area contributed by atoms with Gasteiger partial charge in [0.2, 0.25) is 0 Å². The molecular weight excluding hydrogens is 613 g/mol. The molecule has 44 heavy (non-hydrogen) atoms. The standard InChI is InChI=1S/C35H25Cl2N3O3S/c1-2-43-34(42)24-16-18-26(19-17-24)40-29(22-10-5-3-6-11-22)20-25(32(40)23-12-7-4-8-13-23)21-30-33(41)39-35(44-30)38-28-15-9-14-27(36)31(28)37/h3-21H,2H2,1H3,(H,38,39,41)/b30-21+. The van der Waals surface area contributed by atoms with E-state index in [1.165, 1.54) is 11.8 Å². The van der Waals surface area contributed by atoms with Crippen molar-refractivity contribution in [3.63, 3.8) is 0 Å². The van der Waals surface area contributed by atoms with Gasteiger partial charge in [0.15, 0.2) is 5.17 Å². The molecular formula is C35H25Cl2N3O3S. The number of esters is 1. The molecule has 6 nitrogen and oxygen atoms in total. The van der Waals surface area contributed by atoms with Crippen molar-refractivity contribution < 1.29 is 14.3 Å². The molecule has 1 N–H and O–H groups in total. The summed E-state index contributed by atoms with van der Waals surface area (Å²) in [5.74, 6) is -0.636. The third-order valence-corrected chi connectivity index (χ3v) is 8.59. The molecule has 1 aromatic heterocycles. The van der Waals surface area contributed by atoms with Gasteiger partial charge in [-0.05, 0) is 78.4 Å². The van der Waals surface area contributed by atoms with Crippen molar-refractivity contribution in [2.45, 2.75) is 6.92 Å². The lowest BCUT2D eigenvalue weighted by Gasteiger charge is -2.15. The summed E-state index contributed by atoms with van der Waals surface area (Å²) in [6, 6.07) is 34.6. The minimum Gasteiger partial charge on any atom is -0.462 e. The minimum absolute atomic E-state index is 0.265. The number of carbonyl (C=O) groups excluding carboxylic acids is 2. The van der Waals surface area contributed by atoms with E-state index in [0.29, 0.717) is 38.0 Å². The summed E-state index contributed by atoms with van der Waals surface area (Å²) in [7, 11) is 0. The normalized spacial score (nSPS) is 14.7. The molecule has 6 rings (SSSR count). The summed E-state index contributed by atoms with van der Waals surface area (Å²) in [4.78, 5) is 30.6. The number of ether oxygens (including phenoxy) is 1. The number of hydrogen-bond acceptors (Lipinski definition) is 5. The molecule has 0 spiro atoms. The predicted octanol–water partition coefficient (Wildman–Crippen LogP) is 9.19. The van der Waals surface area contributed by atoms with E-state index < -0.39 is 0 Å². The highest BCUT2D eigenvalue weighted by Gasteiger charge is 2.26. The minimum atomic E-state index is -0.371. The third kappa shape index (κ3) is 6.08. The number of benzene rings is 4. The molecule has 0 bridgehead atoms. The van der Waals surface area contributed by atoms with E-state index in [1.807, 2.05) is 78.9 Å². The fourth-order valence-electron chi connectivity index (χ4n) is 4.89. The van der Waals surface area contributed by atoms with Crippen LogP contribution in [0, 0.1) is 0 Å². The van der Waals surface area contributed by atoms with Gasteiger partial charge in [-0.2, -0.15) is 0 Å². The number of thioether (sulfide) groups is 1. The quantitative estimate of drug-likeness (QED) is 0.143. The molecule has 1 fully saturated rings. The SMILES string of the molecule is CCOC(=O)c1ccc(-n2c(-c3ccccc3)cc(/C=C3/SC(=Nc4cccc(Cl)c4Cl)NC3=O)c2-c2ccccc2)cc1. The van der Waals surface area contributed by atoms with Gasteiger partial charge in [-0.3, -0.25) is 4.79 Å². The molecule has 0 atom stereocenters. The van der Waals surface area contributed by atoms with Crippen molar-refractivity contribution in [3.05, 3.63) is 135 Å². The van der Waals surface area contributed by atoms with Crippen LogP contribution in [0.4, 0.5) is 5.69 Å². The van der Waals surface area contributed by atoms with Gasteiger partial charge < -0.3 is 14.6 Å². The van der Waals surface area contributed by atoms with Crippen molar-refractivity contribution in [1.29, 1.82) is 0 Å². The van der Waals surface area contributed by atoms with Crippen LogP contribution < -0.4 is 5.32 Å². The third-order valence-electron chi connectivity index (χ3n) is 6.87.